The van der Waals surface area contributed by atoms with Gasteiger partial charge in [-0.25, -0.2) is 16.8 Å². The van der Waals surface area contributed by atoms with Gasteiger partial charge in [-0.05, 0) is 48.0 Å². The summed E-state index contributed by atoms with van der Waals surface area (Å²) in [5, 5.41) is 3.89. The van der Waals surface area contributed by atoms with Crippen LogP contribution in [-0.4, -0.2) is 31.5 Å². The van der Waals surface area contributed by atoms with E-state index in [-0.39, 0.29) is 10.7 Å². The van der Waals surface area contributed by atoms with E-state index < -0.39 is 10.0 Å². The standard InChI is InChI=1S/C23H22FN3O3S/c1-25-13-18-15-27(31(28,29)20-4-3-9-26-14-20)23-11-16(5-8-21(18)23)10-17-6-7-19(30-2)12-22(17)24/h3-9,11-12,14-15,25H,10,13H2,1-2H3. The van der Waals surface area contributed by atoms with Crippen molar-refractivity contribution in [2.75, 3.05) is 14.2 Å². The topological polar surface area (TPSA) is 73.2 Å². The van der Waals surface area contributed by atoms with Crippen molar-refractivity contribution in [3.05, 3.63) is 89.6 Å². The van der Waals surface area contributed by atoms with Crippen LogP contribution in [0.3, 0.4) is 0 Å². The molecule has 1 N–H and O–H groups in total. The number of fused-ring (bicyclic) bond motifs is 1. The number of ether oxygens (including phenoxy) is 1. The Bertz CT molecular complexity index is 1340. The molecule has 4 aromatic rings. The molecule has 0 radical (unpaired) electrons. The van der Waals surface area contributed by atoms with Gasteiger partial charge in [-0.2, -0.15) is 0 Å². The van der Waals surface area contributed by atoms with E-state index in [1.165, 1.54) is 35.6 Å². The molecule has 4 rings (SSSR count). The van der Waals surface area contributed by atoms with Gasteiger partial charge in [0.2, 0.25) is 0 Å². The van der Waals surface area contributed by atoms with Crippen LogP contribution in [0.5, 0.6) is 5.75 Å². The van der Waals surface area contributed by atoms with Crippen molar-refractivity contribution in [1.29, 1.82) is 0 Å². The molecule has 2 aromatic heterocycles. The number of halogens is 1. The number of hydrogen-bond acceptors (Lipinski definition) is 5. The third-order valence-electron chi connectivity index (χ3n) is 5.13. The van der Waals surface area contributed by atoms with Gasteiger partial charge in [0.05, 0.1) is 12.6 Å². The molecule has 6 nitrogen and oxygen atoms in total. The molecule has 31 heavy (non-hydrogen) atoms. The quantitative estimate of drug-likeness (QED) is 0.475. The fraction of sp³-hybridized carbons (Fsp3) is 0.174. The summed E-state index contributed by atoms with van der Waals surface area (Å²) in [6.45, 7) is 0.512. The lowest BCUT2D eigenvalue weighted by atomic mass is 10.0. The molecule has 0 aliphatic heterocycles. The third-order valence-corrected chi connectivity index (χ3v) is 6.79. The molecule has 160 valence electrons. The second kappa shape index (κ2) is 8.49. The van der Waals surface area contributed by atoms with E-state index in [2.05, 4.69) is 10.3 Å². The minimum absolute atomic E-state index is 0.106. The second-order valence-electron chi connectivity index (χ2n) is 7.16. The molecule has 0 saturated carbocycles. The van der Waals surface area contributed by atoms with E-state index in [0.717, 1.165) is 16.5 Å². The first kappa shape index (κ1) is 21.0. The van der Waals surface area contributed by atoms with E-state index in [0.29, 0.717) is 29.8 Å². The number of rotatable bonds is 7. The van der Waals surface area contributed by atoms with E-state index >= 15 is 0 Å². The predicted molar refractivity (Wildman–Crippen MR) is 117 cm³/mol. The van der Waals surface area contributed by atoms with E-state index in [1.807, 2.05) is 12.1 Å². The molecule has 0 spiro atoms. The zero-order valence-electron chi connectivity index (χ0n) is 17.2. The first-order chi connectivity index (χ1) is 14.9. The van der Waals surface area contributed by atoms with Crippen molar-refractivity contribution in [3.8, 4) is 5.75 Å². The molecule has 0 aliphatic carbocycles. The number of pyridine rings is 1. The molecule has 8 heteroatoms. The second-order valence-corrected chi connectivity index (χ2v) is 8.97. The number of nitrogens with zero attached hydrogens (tertiary/aromatic N) is 2. The van der Waals surface area contributed by atoms with Gasteiger partial charge in [-0.15, -0.1) is 0 Å². The smallest absolute Gasteiger partial charge is 0.269 e. The Kier molecular flexibility index (Phi) is 5.75. The zero-order valence-corrected chi connectivity index (χ0v) is 18.0. The van der Waals surface area contributed by atoms with Gasteiger partial charge in [0.15, 0.2) is 0 Å². The van der Waals surface area contributed by atoms with Crippen LogP contribution in [0.25, 0.3) is 10.9 Å². The lowest BCUT2D eigenvalue weighted by molar-refractivity contribution is 0.411. The normalized spacial score (nSPS) is 11.7. The van der Waals surface area contributed by atoms with Crippen molar-refractivity contribution in [3.63, 3.8) is 0 Å². The highest BCUT2D eigenvalue weighted by Crippen LogP contribution is 2.28. The van der Waals surface area contributed by atoms with Crippen LogP contribution in [0.1, 0.15) is 16.7 Å². The Morgan fingerprint density at radius 1 is 1.13 bits per heavy atom. The van der Waals surface area contributed by atoms with Gasteiger partial charge in [-0.3, -0.25) is 4.98 Å². The van der Waals surface area contributed by atoms with Crippen LogP contribution in [0.4, 0.5) is 4.39 Å². The summed E-state index contributed by atoms with van der Waals surface area (Å²) >= 11 is 0. The molecule has 0 fully saturated rings. The lowest BCUT2D eigenvalue weighted by Crippen LogP contribution is -2.12. The summed E-state index contributed by atoms with van der Waals surface area (Å²) in [5.74, 6) is 0.0820. The zero-order chi connectivity index (χ0) is 22.0. The Morgan fingerprint density at radius 2 is 1.97 bits per heavy atom. The third kappa shape index (κ3) is 4.04. The molecular weight excluding hydrogens is 417 g/mol. The van der Waals surface area contributed by atoms with Crippen molar-refractivity contribution in [2.24, 2.45) is 0 Å². The van der Waals surface area contributed by atoms with Gasteiger partial charge in [-0.1, -0.05) is 18.2 Å². The van der Waals surface area contributed by atoms with E-state index in [1.54, 1.807) is 37.5 Å². The van der Waals surface area contributed by atoms with Crippen LogP contribution >= 0.6 is 0 Å². The number of nitrogens with one attached hydrogen (secondary N) is 1. The molecular formula is C23H22FN3O3S. The molecule has 0 bridgehead atoms. The number of hydrogen-bond donors (Lipinski definition) is 1. The maximum atomic E-state index is 14.4. The first-order valence-corrected chi connectivity index (χ1v) is 11.1. The van der Waals surface area contributed by atoms with E-state index in [9.17, 15) is 12.8 Å². The Labute approximate surface area is 180 Å². The summed E-state index contributed by atoms with van der Waals surface area (Å²) in [6.07, 6.45) is 4.81. The van der Waals surface area contributed by atoms with Gasteiger partial charge in [0.25, 0.3) is 10.0 Å². The minimum atomic E-state index is -3.83. The Morgan fingerprint density at radius 3 is 2.65 bits per heavy atom. The largest absolute Gasteiger partial charge is 0.497 e. The first-order valence-electron chi connectivity index (χ1n) is 9.69. The van der Waals surface area contributed by atoms with Gasteiger partial charge in [0.1, 0.15) is 16.5 Å². The van der Waals surface area contributed by atoms with Crippen molar-refractivity contribution in [1.82, 2.24) is 14.3 Å². The lowest BCUT2D eigenvalue weighted by Gasteiger charge is -2.09. The summed E-state index contributed by atoms with van der Waals surface area (Å²) in [5.41, 5.74) is 2.70. The summed E-state index contributed by atoms with van der Waals surface area (Å²) in [7, 11) is -0.541. The van der Waals surface area contributed by atoms with Gasteiger partial charge in [0, 0.05) is 43.0 Å². The van der Waals surface area contributed by atoms with Crippen molar-refractivity contribution < 1.29 is 17.5 Å². The van der Waals surface area contributed by atoms with Gasteiger partial charge < -0.3 is 10.1 Å². The van der Waals surface area contributed by atoms with E-state index in [4.69, 9.17) is 4.74 Å². The Balaban J connectivity index is 1.82. The molecule has 2 heterocycles. The maximum Gasteiger partial charge on any atom is 0.269 e. The van der Waals surface area contributed by atoms with Crippen LogP contribution in [-0.2, 0) is 23.0 Å². The fourth-order valence-corrected chi connectivity index (χ4v) is 4.93. The average Bonchev–Trinajstić information content (AvgIpc) is 3.14. The van der Waals surface area contributed by atoms with Crippen LogP contribution in [0, 0.1) is 5.82 Å². The molecule has 0 unspecified atom stereocenters. The molecule has 0 atom stereocenters. The van der Waals surface area contributed by atoms with Crippen LogP contribution in [0.15, 0.2) is 72.0 Å². The summed E-state index contributed by atoms with van der Waals surface area (Å²) in [6, 6.07) is 13.4. The maximum absolute atomic E-state index is 14.4. The summed E-state index contributed by atoms with van der Waals surface area (Å²) < 4.78 is 47.3. The monoisotopic (exact) mass is 439 g/mol. The van der Waals surface area contributed by atoms with Crippen LogP contribution in [0.2, 0.25) is 0 Å². The van der Waals surface area contributed by atoms with Gasteiger partial charge >= 0.3 is 0 Å². The highest BCUT2D eigenvalue weighted by atomic mass is 32.2. The Hall–Kier alpha value is -3.23. The SMILES string of the molecule is CNCc1cn(S(=O)(=O)c2cccnc2)c2cc(Cc3ccc(OC)cc3F)ccc12. The molecule has 0 amide bonds. The fourth-order valence-electron chi connectivity index (χ4n) is 3.58. The number of benzene rings is 2. The molecule has 0 aliphatic rings. The molecule has 0 saturated heterocycles. The minimum Gasteiger partial charge on any atom is -0.497 e. The highest BCUT2D eigenvalue weighted by Gasteiger charge is 2.21. The average molecular weight is 440 g/mol. The summed E-state index contributed by atoms with van der Waals surface area (Å²) in [4.78, 5) is 4.05. The molecule has 2 aromatic carbocycles. The van der Waals surface area contributed by atoms with Crippen LogP contribution < -0.4 is 10.1 Å². The number of aromatic nitrogens is 2. The van der Waals surface area contributed by atoms with Crippen molar-refractivity contribution in [2.45, 2.75) is 17.9 Å². The predicted octanol–water partition coefficient (Wildman–Crippen LogP) is 3.73. The highest BCUT2D eigenvalue weighted by molar-refractivity contribution is 7.90. The van der Waals surface area contributed by atoms with Crippen molar-refractivity contribution >= 4 is 20.9 Å². The number of methoxy groups -OCH3 is 1.